The minimum absolute atomic E-state index is 0.141. The van der Waals surface area contributed by atoms with Crippen LogP contribution in [-0.4, -0.2) is 11.0 Å². The Morgan fingerprint density at radius 3 is 2.62 bits per heavy atom. The normalized spacial score (nSPS) is 12.3. The lowest BCUT2D eigenvalue weighted by molar-refractivity contribution is 0.508. The van der Waals surface area contributed by atoms with Crippen molar-refractivity contribution in [3.05, 3.63) is 69.1 Å². The van der Waals surface area contributed by atoms with E-state index in [1.54, 1.807) is 6.20 Å². The molecule has 1 aromatic heterocycles. The van der Waals surface area contributed by atoms with Crippen molar-refractivity contribution in [3.63, 3.8) is 0 Å². The third kappa shape index (κ3) is 4.30. The number of hydrogen-bond acceptors (Lipinski definition) is 2. The molecule has 0 saturated heterocycles. The van der Waals surface area contributed by atoms with Crippen LogP contribution in [0.4, 0.5) is 0 Å². The van der Waals surface area contributed by atoms with Gasteiger partial charge < -0.3 is 10.3 Å². The SMILES string of the molecule is Cc1c[nH]c(CN[C@H](C)CCc2ccccc2)c(C)c1=O. The summed E-state index contributed by atoms with van der Waals surface area (Å²) < 4.78 is 0. The van der Waals surface area contributed by atoms with Crippen molar-refractivity contribution in [3.8, 4) is 0 Å². The molecule has 0 spiro atoms. The highest BCUT2D eigenvalue weighted by Crippen LogP contribution is 2.06. The fraction of sp³-hybridized carbons (Fsp3) is 0.389. The van der Waals surface area contributed by atoms with Crippen LogP contribution < -0.4 is 10.7 Å². The lowest BCUT2D eigenvalue weighted by Gasteiger charge is -2.15. The second-order valence-electron chi connectivity index (χ2n) is 5.71. The van der Waals surface area contributed by atoms with Crippen LogP contribution in [0.5, 0.6) is 0 Å². The molecule has 0 amide bonds. The van der Waals surface area contributed by atoms with Crippen molar-refractivity contribution in [1.82, 2.24) is 10.3 Å². The molecule has 0 saturated carbocycles. The maximum Gasteiger partial charge on any atom is 0.187 e. The summed E-state index contributed by atoms with van der Waals surface area (Å²) in [6.45, 7) is 6.62. The topological polar surface area (TPSA) is 44.9 Å². The Morgan fingerprint density at radius 2 is 1.90 bits per heavy atom. The highest BCUT2D eigenvalue weighted by Gasteiger charge is 2.07. The van der Waals surface area contributed by atoms with Crippen molar-refractivity contribution < 1.29 is 0 Å². The van der Waals surface area contributed by atoms with E-state index >= 15 is 0 Å². The van der Waals surface area contributed by atoms with Crippen LogP contribution in [0, 0.1) is 13.8 Å². The highest BCUT2D eigenvalue weighted by molar-refractivity contribution is 5.23. The maximum absolute atomic E-state index is 11.9. The molecule has 0 radical (unpaired) electrons. The zero-order valence-corrected chi connectivity index (χ0v) is 13.1. The molecule has 2 N–H and O–H groups in total. The molecule has 0 unspecified atom stereocenters. The Morgan fingerprint density at radius 1 is 1.19 bits per heavy atom. The summed E-state index contributed by atoms with van der Waals surface area (Å²) in [6.07, 6.45) is 3.94. The molecular weight excluding hydrogens is 260 g/mol. The molecule has 0 bridgehead atoms. The van der Waals surface area contributed by atoms with Gasteiger partial charge in [-0.15, -0.1) is 0 Å². The van der Waals surface area contributed by atoms with E-state index < -0.39 is 0 Å². The van der Waals surface area contributed by atoms with Gasteiger partial charge in [-0.05, 0) is 39.2 Å². The van der Waals surface area contributed by atoms with Crippen LogP contribution in [0.3, 0.4) is 0 Å². The first kappa shape index (κ1) is 15.5. The van der Waals surface area contributed by atoms with Crippen molar-refractivity contribution in [2.45, 2.75) is 46.2 Å². The number of pyridine rings is 1. The lowest BCUT2D eigenvalue weighted by atomic mass is 10.1. The van der Waals surface area contributed by atoms with E-state index in [1.165, 1.54) is 5.56 Å². The Bertz CT molecular complexity index is 631. The summed E-state index contributed by atoms with van der Waals surface area (Å²) >= 11 is 0. The van der Waals surface area contributed by atoms with Crippen LogP contribution in [0.15, 0.2) is 41.3 Å². The van der Waals surface area contributed by atoms with Crippen LogP contribution in [-0.2, 0) is 13.0 Å². The van der Waals surface area contributed by atoms with E-state index in [9.17, 15) is 4.79 Å². The van der Waals surface area contributed by atoms with Gasteiger partial charge in [-0.2, -0.15) is 0 Å². The van der Waals surface area contributed by atoms with Gasteiger partial charge in [0.05, 0.1) is 0 Å². The monoisotopic (exact) mass is 284 g/mol. The summed E-state index contributed by atoms with van der Waals surface area (Å²) in [6, 6.07) is 10.9. The van der Waals surface area contributed by atoms with Gasteiger partial charge in [-0.25, -0.2) is 0 Å². The fourth-order valence-corrected chi connectivity index (χ4v) is 2.39. The molecule has 0 fully saturated rings. The van der Waals surface area contributed by atoms with Crippen molar-refractivity contribution in [2.75, 3.05) is 0 Å². The molecule has 0 aliphatic rings. The fourth-order valence-electron chi connectivity index (χ4n) is 2.39. The van der Waals surface area contributed by atoms with Gasteiger partial charge in [0.15, 0.2) is 5.43 Å². The Kier molecular flexibility index (Phi) is 5.34. The summed E-state index contributed by atoms with van der Waals surface area (Å²) in [5.74, 6) is 0. The van der Waals surface area contributed by atoms with Crippen molar-refractivity contribution >= 4 is 0 Å². The molecule has 1 atom stereocenters. The first-order valence-electron chi connectivity index (χ1n) is 7.53. The molecule has 3 nitrogen and oxygen atoms in total. The molecule has 1 aromatic carbocycles. The first-order chi connectivity index (χ1) is 10.1. The summed E-state index contributed by atoms with van der Waals surface area (Å²) in [5, 5.41) is 3.49. The highest BCUT2D eigenvalue weighted by atomic mass is 16.1. The van der Waals surface area contributed by atoms with Crippen molar-refractivity contribution in [1.29, 1.82) is 0 Å². The second-order valence-corrected chi connectivity index (χ2v) is 5.71. The van der Waals surface area contributed by atoms with Gasteiger partial charge in [-0.3, -0.25) is 4.79 Å². The number of H-pyrrole nitrogens is 1. The number of hydrogen-bond donors (Lipinski definition) is 2. The second kappa shape index (κ2) is 7.23. The average Bonchev–Trinajstić information content (AvgIpc) is 2.51. The molecule has 2 aromatic rings. The Hall–Kier alpha value is -1.87. The predicted molar refractivity (Wildman–Crippen MR) is 87.6 cm³/mol. The molecular formula is C18H24N2O. The summed E-state index contributed by atoms with van der Waals surface area (Å²) in [5.41, 5.74) is 4.08. The number of nitrogens with one attached hydrogen (secondary N) is 2. The molecule has 21 heavy (non-hydrogen) atoms. The third-order valence-corrected chi connectivity index (χ3v) is 3.95. The molecule has 3 heteroatoms. The largest absolute Gasteiger partial charge is 0.363 e. The smallest absolute Gasteiger partial charge is 0.187 e. The zero-order chi connectivity index (χ0) is 15.2. The van der Waals surface area contributed by atoms with Gasteiger partial charge >= 0.3 is 0 Å². The molecule has 112 valence electrons. The number of aromatic amines is 1. The van der Waals surface area contributed by atoms with E-state index in [-0.39, 0.29) is 5.43 Å². The summed E-state index contributed by atoms with van der Waals surface area (Å²) in [4.78, 5) is 15.1. The molecule has 2 rings (SSSR count). The van der Waals surface area contributed by atoms with Gasteiger partial charge in [0.1, 0.15) is 0 Å². The standard InChI is InChI=1S/C18H24N2O/c1-13-11-20-17(15(3)18(13)21)12-19-14(2)9-10-16-7-5-4-6-8-16/h4-8,11,14,19H,9-10,12H2,1-3H3,(H,20,21)/t14-/m1/s1. The van der Waals surface area contributed by atoms with Gasteiger partial charge in [-0.1, -0.05) is 30.3 Å². The van der Waals surface area contributed by atoms with E-state index in [0.29, 0.717) is 12.6 Å². The third-order valence-electron chi connectivity index (χ3n) is 3.95. The summed E-state index contributed by atoms with van der Waals surface area (Å²) in [7, 11) is 0. The molecule has 0 aliphatic carbocycles. The Balaban J connectivity index is 1.85. The van der Waals surface area contributed by atoms with E-state index in [4.69, 9.17) is 0 Å². The van der Waals surface area contributed by atoms with E-state index in [2.05, 4.69) is 41.5 Å². The van der Waals surface area contributed by atoms with Gasteiger partial charge in [0, 0.05) is 35.6 Å². The van der Waals surface area contributed by atoms with Crippen LogP contribution in [0.2, 0.25) is 0 Å². The van der Waals surface area contributed by atoms with Crippen LogP contribution in [0.1, 0.15) is 35.7 Å². The van der Waals surface area contributed by atoms with E-state index in [1.807, 2.05) is 19.9 Å². The molecule has 1 heterocycles. The van der Waals surface area contributed by atoms with Gasteiger partial charge in [0.2, 0.25) is 0 Å². The number of benzene rings is 1. The number of aromatic nitrogens is 1. The number of rotatable bonds is 6. The quantitative estimate of drug-likeness (QED) is 0.856. The Labute approximate surface area is 126 Å². The van der Waals surface area contributed by atoms with Gasteiger partial charge in [0.25, 0.3) is 0 Å². The van der Waals surface area contributed by atoms with Crippen LogP contribution in [0.25, 0.3) is 0 Å². The molecule has 0 aliphatic heterocycles. The minimum Gasteiger partial charge on any atom is -0.363 e. The van der Waals surface area contributed by atoms with Crippen molar-refractivity contribution in [2.24, 2.45) is 0 Å². The van der Waals surface area contributed by atoms with Crippen LogP contribution >= 0.6 is 0 Å². The minimum atomic E-state index is 0.141. The lowest BCUT2D eigenvalue weighted by Crippen LogP contribution is -2.28. The number of aryl methyl sites for hydroxylation is 2. The average molecular weight is 284 g/mol. The maximum atomic E-state index is 11.9. The first-order valence-corrected chi connectivity index (χ1v) is 7.53. The van der Waals surface area contributed by atoms with E-state index in [0.717, 1.165) is 29.7 Å². The zero-order valence-electron chi connectivity index (χ0n) is 13.1. The predicted octanol–water partition coefficient (Wildman–Crippen LogP) is 3.10.